The lowest BCUT2D eigenvalue weighted by atomic mass is 9.85. The second-order valence-electron chi connectivity index (χ2n) is 6.58. The van der Waals surface area contributed by atoms with Crippen molar-refractivity contribution < 1.29 is 9.84 Å². The molecule has 1 aliphatic carbocycles. The molecule has 0 amide bonds. The van der Waals surface area contributed by atoms with Gasteiger partial charge in [-0.05, 0) is 51.6 Å². The van der Waals surface area contributed by atoms with Gasteiger partial charge in [0.05, 0.1) is 19.8 Å². The Balaban J connectivity index is 1.86. The molecular formula is C16H32N2O2. The first-order valence-corrected chi connectivity index (χ1v) is 8.39. The molecule has 0 aromatic heterocycles. The summed E-state index contributed by atoms with van der Waals surface area (Å²) < 4.78 is 5.51. The van der Waals surface area contributed by atoms with Gasteiger partial charge in [0.1, 0.15) is 0 Å². The van der Waals surface area contributed by atoms with Gasteiger partial charge in [-0.2, -0.15) is 0 Å². The van der Waals surface area contributed by atoms with E-state index in [9.17, 15) is 5.11 Å². The van der Waals surface area contributed by atoms with Crippen molar-refractivity contribution in [2.24, 2.45) is 5.92 Å². The normalized spacial score (nSPS) is 35.5. The van der Waals surface area contributed by atoms with Gasteiger partial charge in [0.2, 0.25) is 0 Å². The lowest BCUT2D eigenvalue weighted by molar-refractivity contribution is -0.00524. The molecule has 0 aromatic carbocycles. The van der Waals surface area contributed by atoms with Crippen LogP contribution in [0, 0.1) is 5.92 Å². The lowest BCUT2D eigenvalue weighted by Gasteiger charge is -2.38. The fourth-order valence-corrected chi connectivity index (χ4v) is 3.85. The van der Waals surface area contributed by atoms with Crippen LogP contribution < -0.4 is 5.32 Å². The van der Waals surface area contributed by atoms with Crippen LogP contribution in [0.3, 0.4) is 0 Å². The van der Waals surface area contributed by atoms with Gasteiger partial charge in [-0.1, -0.05) is 13.3 Å². The van der Waals surface area contributed by atoms with Gasteiger partial charge in [0.25, 0.3) is 0 Å². The summed E-state index contributed by atoms with van der Waals surface area (Å²) in [6.45, 7) is 9.69. The van der Waals surface area contributed by atoms with E-state index in [0.29, 0.717) is 12.0 Å². The number of aliphatic hydroxyl groups is 1. The first-order valence-electron chi connectivity index (χ1n) is 8.39. The highest BCUT2D eigenvalue weighted by Crippen LogP contribution is 2.38. The van der Waals surface area contributed by atoms with Crippen molar-refractivity contribution in [3.63, 3.8) is 0 Å². The van der Waals surface area contributed by atoms with Crippen LogP contribution in [0.4, 0.5) is 0 Å². The quantitative estimate of drug-likeness (QED) is 0.746. The van der Waals surface area contributed by atoms with Gasteiger partial charge in [-0.3, -0.25) is 4.90 Å². The molecule has 118 valence electrons. The van der Waals surface area contributed by atoms with Crippen LogP contribution in [0.5, 0.6) is 0 Å². The number of nitrogens with one attached hydrogen (secondary N) is 1. The van der Waals surface area contributed by atoms with Crippen LogP contribution in [0.15, 0.2) is 0 Å². The van der Waals surface area contributed by atoms with E-state index in [1.165, 1.54) is 19.3 Å². The molecule has 0 bridgehead atoms. The van der Waals surface area contributed by atoms with Crippen molar-refractivity contribution >= 4 is 0 Å². The Bertz CT molecular complexity index is 288. The van der Waals surface area contributed by atoms with Crippen molar-refractivity contribution in [2.45, 2.75) is 57.5 Å². The number of morpholine rings is 1. The minimum atomic E-state index is -0.00840. The molecule has 1 aliphatic heterocycles. The predicted molar refractivity (Wildman–Crippen MR) is 81.9 cm³/mol. The summed E-state index contributed by atoms with van der Waals surface area (Å²) in [5.74, 6) is 0.620. The van der Waals surface area contributed by atoms with Gasteiger partial charge in [0.15, 0.2) is 0 Å². The Kier molecular flexibility index (Phi) is 6.27. The van der Waals surface area contributed by atoms with E-state index in [0.717, 1.165) is 45.7 Å². The third-order valence-electron chi connectivity index (χ3n) is 5.24. The number of nitrogens with zero attached hydrogens (tertiary/aromatic N) is 1. The highest BCUT2D eigenvalue weighted by atomic mass is 16.5. The van der Waals surface area contributed by atoms with Crippen molar-refractivity contribution in [2.75, 3.05) is 39.5 Å². The molecule has 1 saturated heterocycles. The monoisotopic (exact) mass is 284 g/mol. The van der Waals surface area contributed by atoms with E-state index in [4.69, 9.17) is 4.74 Å². The lowest BCUT2D eigenvalue weighted by Crippen LogP contribution is -2.53. The number of hydrogen-bond acceptors (Lipinski definition) is 4. The van der Waals surface area contributed by atoms with Gasteiger partial charge < -0.3 is 15.2 Å². The van der Waals surface area contributed by atoms with Crippen LogP contribution >= 0.6 is 0 Å². The topological polar surface area (TPSA) is 44.7 Å². The van der Waals surface area contributed by atoms with Crippen LogP contribution in [0.1, 0.15) is 46.0 Å². The summed E-state index contributed by atoms with van der Waals surface area (Å²) in [4.78, 5) is 2.55. The predicted octanol–water partition coefficient (Wildman–Crippen LogP) is 1.63. The average Bonchev–Trinajstić information content (AvgIpc) is 2.88. The molecule has 2 fully saturated rings. The zero-order valence-electron chi connectivity index (χ0n) is 13.2. The Morgan fingerprint density at radius 1 is 1.45 bits per heavy atom. The van der Waals surface area contributed by atoms with Crippen LogP contribution in [-0.2, 0) is 4.74 Å². The Morgan fingerprint density at radius 3 is 3.00 bits per heavy atom. The highest BCUT2D eigenvalue weighted by Gasteiger charge is 2.41. The average molecular weight is 284 g/mol. The fraction of sp³-hybridized carbons (Fsp3) is 1.00. The maximum absolute atomic E-state index is 9.91. The molecule has 0 radical (unpaired) electrons. The molecule has 3 unspecified atom stereocenters. The standard InChI is InChI=1S/C16H32N2O2/c1-3-8-17-16(13-19)7-4-5-15(16)6-9-18-10-11-20-12-14(18)2/h14-15,17,19H,3-13H2,1-2H3. The number of ether oxygens (including phenoxy) is 1. The maximum Gasteiger partial charge on any atom is 0.0619 e. The third-order valence-corrected chi connectivity index (χ3v) is 5.24. The van der Waals surface area contributed by atoms with E-state index < -0.39 is 0 Å². The SMILES string of the molecule is CCCNC1(CO)CCCC1CCN1CCOCC1C. The largest absolute Gasteiger partial charge is 0.394 e. The van der Waals surface area contributed by atoms with Crippen molar-refractivity contribution in [1.82, 2.24) is 10.2 Å². The third kappa shape index (κ3) is 3.73. The van der Waals surface area contributed by atoms with Crippen molar-refractivity contribution in [3.8, 4) is 0 Å². The minimum Gasteiger partial charge on any atom is -0.394 e. The molecule has 3 atom stereocenters. The summed E-state index contributed by atoms with van der Waals surface area (Å²) in [7, 11) is 0. The summed E-state index contributed by atoms with van der Waals surface area (Å²) in [6.07, 6.45) is 5.97. The second kappa shape index (κ2) is 7.74. The van der Waals surface area contributed by atoms with Crippen LogP contribution in [0.2, 0.25) is 0 Å². The van der Waals surface area contributed by atoms with Gasteiger partial charge in [-0.15, -0.1) is 0 Å². The molecule has 0 spiro atoms. The molecule has 1 heterocycles. The molecule has 2 rings (SSSR count). The molecule has 0 aromatic rings. The van der Waals surface area contributed by atoms with Crippen LogP contribution in [-0.4, -0.2) is 61.0 Å². The molecule has 2 aliphatic rings. The molecule has 20 heavy (non-hydrogen) atoms. The molecule has 1 saturated carbocycles. The zero-order chi connectivity index (χ0) is 14.4. The summed E-state index contributed by atoms with van der Waals surface area (Å²) in [5.41, 5.74) is -0.00840. The Hall–Kier alpha value is -0.160. The van der Waals surface area contributed by atoms with E-state index >= 15 is 0 Å². The zero-order valence-corrected chi connectivity index (χ0v) is 13.2. The first-order chi connectivity index (χ1) is 9.72. The number of rotatable bonds is 7. The number of hydrogen-bond donors (Lipinski definition) is 2. The minimum absolute atomic E-state index is 0.00840. The Labute approximate surface area is 123 Å². The number of aliphatic hydroxyl groups excluding tert-OH is 1. The van der Waals surface area contributed by atoms with Gasteiger partial charge in [0, 0.05) is 18.1 Å². The molecule has 4 nitrogen and oxygen atoms in total. The second-order valence-corrected chi connectivity index (χ2v) is 6.58. The van der Waals surface area contributed by atoms with E-state index in [1.54, 1.807) is 0 Å². The smallest absolute Gasteiger partial charge is 0.0619 e. The Morgan fingerprint density at radius 2 is 2.30 bits per heavy atom. The van der Waals surface area contributed by atoms with Crippen LogP contribution in [0.25, 0.3) is 0 Å². The van der Waals surface area contributed by atoms with Gasteiger partial charge >= 0.3 is 0 Å². The van der Waals surface area contributed by atoms with E-state index in [1.807, 2.05) is 0 Å². The van der Waals surface area contributed by atoms with Crippen molar-refractivity contribution in [1.29, 1.82) is 0 Å². The van der Waals surface area contributed by atoms with E-state index in [2.05, 4.69) is 24.1 Å². The summed E-state index contributed by atoms with van der Waals surface area (Å²) >= 11 is 0. The first kappa shape index (κ1) is 16.2. The molecular weight excluding hydrogens is 252 g/mol. The fourth-order valence-electron chi connectivity index (χ4n) is 3.85. The van der Waals surface area contributed by atoms with Crippen molar-refractivity contribution in [3.05, 3.63) is 0 Å². The summed E-state index contributed by atoms with van der Waals surface area (Å²) in [6, 6.07) is 0.539. The summed E-state index contributed by atoms with van der Waals surface area (Å²) in [5, 5.41) is 13.6. The maximum atomic E-state index is 9.91. The highest BCUT2D eigenvalue weighted by molar-refractivity contribution is 4.99. The molecule has 4 heteroatoms. The van der Waals surface area contributed by atoms with Gasteiger partial charge in [-0.25, -0.2) is 0 Å². The van der Waals surface area contributed by atoms with E-state index in [-0.39, 0.29) is 12.1 Å². The molecule has 2 N–H and O–H groups in total.